The molecule has 0 aliphatic heterocycles. The van der Waals surface area contributed by atoms with Crippen molar-refractivity contribution in [3.8, 4) is 5.69 Å². The van der Waals surface area contributed by atoms with Crippen molar-refractivity contribution in [2.75, 3.05) is 17.4 Å². The quantitative estimate of drug-likeness (QED) is 0.575. The van der Waals surface area contributed by atoms with Crippen LogP contribution in [0.3, 0.4) is 0 Å². The molecule has 0 radical (unpaired) electrons. The van der Waals surface area contributed by atoms with Crippen LogP contribution in [-0.2, 0) is 21.9 Å². The molecule has 176 valence electrons. The maximum atomic E-state index is 14.0. The van der Waals surface area contributed by atoms with E-state index in [4.69, 9.17) is 0 Å². The molecule has 0 saturated carbocycles. The van der Waals surface area contributed by atoms with E-state index in [9.17, 15) is 18.0 Å². The number of carbonyl (C=O) groups is 1. The Morgan fingerprint density at radius 3 is 2.15 bits per heavy atom. The number of para-hydroxylation sites is 1. The molecule has 1 aromatic heterocycles. The Balaban J connectivity index is 2.30. The van der Waals surface area contributed by atoms with E-state index >= 15 is 0 Å². The summed E-state index contributed by atoms with van der Waals surface area (Å²) in [5.74, 6) is -0.489. The lowest BCUT2D eigenvalue weighted by Gasteiger charge is -2.25. The average Bonchev–Trinajstić information content (AvgIpc) is 2.94. The minimum atomic E-state index is -4.23. The van der Waals surface area contributed by atoms with Crippen LogP contribution >= 0.6 is 0 Å². The maximum Gasteiger partial charge on any atom is 0.296 e. The van der Waals surface area contributed by atoms with Gasteiger partial charge in [0.1, 0.15) is 12.2 Å². The van der Waals surface area contributed by atoms with E-state index < -0.39 is 28.0 Å². The minimum Gasteiger partial charge on any atom is -0.355 e. The normalized spacial score (nSPS) is 11.5. The first kappa shape index (κ1) is 24.3. The van der Waals surface area contributed by atoms with Gasteiger partial charge in [-0.1, -0.05) is 35.9 Å². The summed E-state index contributed by atoms with van der Waals surface area (Å²) in [4.78, 5) is 26.3. The number of nitrogens with one attached hydrogen (secondary N) is 1. The van der Waals surface area contributed by atoms with E-state index in [1.165, 1.54) is 4.68 Å². The number of aromatic nitrogens is 2. The molecule has 1 heterocycles. The third kappa shape index (κ3) is 4.45. The molecule has 9 heteroatoms. The molecule has 0 bridgehead atoms. The van der Waals surface area contributed by atoms with Gasteiger partial charge in [0.25, 0.3) is 15.6 Å². The van der Waals surface area contributed by atoms with Crippen LogP contribution in [0.4, 0.5) is 5.69 Å². The Kier molecular flexibility index (Phi) is 6.83. The van der Waals surface area contributed by atoms with E-state index in [0.717, 1.165) is 9.87 Å². The lowest BCUT2D eigenvalue weighted by Crippen LogP contribution is -2.43. The topological polar surface area (TPSA) is 93.4 Å². The molecule has 2 aromatic carbocycles. The van der Waals surface area contributed by atoms with Gasteiger partial charge in [-0.15, -0.1) is 0 Å². The largest absolute Gasteiger partial charge is 0.355 e. The molecular weight excluding hydrogens is 440 g/mol. The van der Waals surface area contributed by atoms with Gasteiger partial charge in [-0.05, 0) is 57.9 Å². The van der Waals surface area contributed by atoms with Gasteiger partial charge in [0.05, 0.1) is 16.3 Å². The number of anilines is 1. The summed E-state index contributed by atoms with van der Waals surface area (Å²) < 4.78 is 31.9. The van der Waals surface area contributed by atoms with Crippen LogP contribution in [0.1, 0.15) is 29.3 Å². The SMILES string of the molecule is CCNC(=O)CN(c1c(C)n(C)n(-c2ccccc2)c1=O)S(=O)(=O)c1c(C)cc(C)cc1C. The van der Waals surface area contributed by atoms with Gasteiger partial charge in [0.2, 0.25) is 5.91 Å². The summed E-state index contributed by atoms with van der Waals surface area (Å²) in [6.45, 7) is 8.60. The Morgan fingerprint density at radius 2 is 1.61 bits per heavy atom. The van der Waals surface area contributed by atoms with Crippen LogP contribution in [0.2, 0.25) is 0 Å². The molecule has 3 aromatic rings. The Labute approximate surface area is 194 Å². The van der Waals surface area contributed by atoms with E-state index in [1.54, 1.807) is 75.8 Å². The third-order valence-corrected chi connectivity index (χ3v) is 7.64. The molecule has 0 aliphatic carbocycles. The zero-order valence-electron chi connectivity index (χ0n) is 19.8. The molecular formula is C24H30N4O4S. The van der Waals surface area contributed by atoms with Crippen molar-refractivity contribution in [2.24, 2.45) is 7.05 Å². The van der Waals surface area contributed by atoms with Gasteiger partial charge >= 0.3 is 0 Å². The standard InChI is InChI=1S/C24H30N4O4S/c1-7-25-21(29)15-27(33(31,32)23-17(3)13-16(2)14-18(23)4)22-19(5)26(6)28(24(22)30)20-11-9-8-10-12-20/h8-14H,7,15H2,1-6H3,(H,25,29). The van der Waals surface area contributed by atoms with Crippen molar-refractivity contribution in [2.45, 2.75) is 39.5 Å². The number of amides is 1. The predicted octanol–water partition coefficient (Wildman–Crippen LogP) is 2.74. The fourth-order valence-corrected chi connectivity index (χ4v) is 6.08. The van der Waals surface area contributed by atoms with E-state index in [-0.39, 0.29) is 10.6 Å². The Morgan fingerprint density at radius 1 is 1.03 bits per heavy atom. The second-order valence-corrected chi connectivity index (χ2v) is 9.90. The van der Waals surface area contributed by atoms with Gasteiger partial charge in [0, 0.05) is 13.6 Å². The number of carbonyl (C=O) groups excluding carboxylic acids is 1. The average molecular weight is 471 g/mol. The number of hydrogen-bond donors (Lipinski definition) is 1. The minimum absolute atomic E-state index is 0.0491. The molecule has 1 N–H and O–H groups in total. The highest BCUT2D eigenvalue weighted by Gasteiger charge is 2.35. The number of benzene rings is 2. The molecule has 0 spiro atoms. The number of sulfonamides is 1. The van der Waals surface area contributed by atoms with Crippen molar-refractivity contribution in [1.82, 2.24) is 14.7 Å². The first-order chi connectivity index (χ1) is 15.5. The summed E-state index contributed by atoms with van der Waals surface area (Å²) in [7, 11) is -2.54. The van der Waals surface area contributed by atoms with Crippen molar-refractivity contribution in [1.29, 1.82) is 0 Å². The summed E-state index contributed by atoms with van der Waals surface area (Å²) in [6, 6.07) is 12.5. The van der Waals surface area contributed by atoms with Crippen LogP contribution in [0.25, 0.3) is 5.69 Å². The summed E-state index contributed by atoms with van der Waals surface area (Å²) in [6.07, 6.45) is 0. The smallest absolute Gasteiger partial charge is 0.296 e. The van der Waals surface area contributed by atoms with Crippen molar-refractivity contribution >= 4 is 21.6 Å². The highest BCUT2D eigenvalue weighted by atomic mass is 32.2. The zero-order valence-corrected chi connectivity index (χ0v) is 20.7. The molecule has 0 aliphatic rings. The number of likely N-dealkylation sites (N-methyl/N-ethyl adjacent to an activating group) is 1. The summed E-state index contributed by atoms with van der Waals surface area (Å²) >= 11 is 0. The molecule has 33 heavy (non-hydrogen) atoms. The molecule has 0 atom stereocenters. The highest BCUT2D eigenvalue weighted by molar-refractivity contribution is 7.93. The molecule has 8 nitrogen and oxygen atoms in total. The van der Waals surface area contributed by atoms with Crippen LogP contribution in [-0.4, -0.2) is 36.8 Å². The van der Waals surface area contributed by atoms with Crippen LogP contribution in [0, 0.1) is 27.7 Å². The second-order valence-electron chi connectivity index (χ2n) is 8.10. The van der Waals surface area contributed by atoms with Gasteiger partial charge in [-0.3, -0.25) is 14.3 Å². The molecule has 0 fully saturated rings. The fraction of sp³-hybridized carbons (Fsp3) is 0.333. The van der Waals surface area contributed by atoms with Gasteiger partial charge in [-0.25, -0.2) is 17.4 Å². The van der Waals surface area contributed by atoms with Crippen LogP contribution in [0.15, 0.2) is 52.2 Å². The van der Waals surface area contributed by atoms with Gasteiger partial charge < -0.3 is 5.32 Å². The maximum absolute atomic E-state index is 14.0. The number of nitrogens with zero attached hydrogens (tertiary/aromatic N) is 3. The highest BCUT2D eigenvalue weighted by Crippen LogP contribution is 2.29. The van der Waals surface area contributed by atoms with Crippen molar-refractivity contribution in [3.05, 3.63) is 75.2 Å². The number of hydrogen-bond acceptors (Lipinski definition) is 4. The summed E-state index contributed by atoms with van der Waals surface area (Å²) in [5.41, 5.74) is 2.51. The zero-order chi connectivity index (χ0) is 24.5. The first-order valence-corrected chi connectivity index (χ1v) is 12.2. The fourth-order valence-electron chi connectivity index (χ4n) is 4.19. The lowest BCUT2D eigenvalue weighted by atomic mass is 10.1. The van der Waals surface area contributed by atoms with Crippen molar-refractivity contribution in [3.63, 3.8) is 0 Å². The first-order valence-electron chi connectivity index (χ1n) is 10.7. The molecule has 3 rings (SSSR count). The molecule has 1 amide bonds. The number of aryl methyl sites for hydroxylation is 3. The second kappa shape index (κ2) is 9.27. The number of rotatable bonds is 7. The van der Waals surface area contributed by atoms with E-state index in [1.807, 2.05) is 13.0 Å². The van der Waals surface area contributed by atoms with Crippen LogP contribution < -0.4 is 15.2 Å². The summed E-state index contributed by atoms with van der Waals surface area (Å²) in [5, 5.41) is 2.64. The van der Waals surface area contributed by atoms with E-state index in [2.05, 4.69) is 5.32 Å². The lowest BCUT2D eigenvalue weighted by molar-refractivity contribution is -0.119. The van der Waals surface area contributed by atoms with Crippen LogP contribution in [0.5, 0.6) is 0 Å². The van der Waals surface area contributed by atoms with E-state index in [0.29, 0.717) is 29.1 Å². The predicted molar refractivity (Wildman–Crippen MR) is 130 cm³/mol. The Hall–Kier alpha value is -3.33. The monoisotopic (exact) mass is 470 g/mol. The third-order valence-electron chi connectivity index (χ3n) is 5.59. The molecule has 0 unspecified atom stereocenters. The van der Waals surface area contributed by atoms with Gasteiger partial charge in [-0.2, -0.15) is 0 Å². The Bertz CT molecular complexity index is 1330. The molecule has 0 saturated heterocycles. The van der Waals surface area contributed by atoms with Gasteiger partial charge in [0.15, 0.2) is 0 Å². The van der Waals surface area contributed by atoms with Crippen molar-refractivity contribution < 1.29 is 13.2 Å².